The number of nitrogens with zero attached hydrogens (tertiary/aromatic N) is 2. The lowest BCUT2D eigenvalue weighted by molar-refractivity contribution is 0.445. The molecule has 2 aromatic carbocycles. The molecule has 0 aliphatic carbocycles. The van der Waals surface area contributed by atoms with E-state index in [0.717, 1.165) is 51.0 Å². The number of aromatic nitrogens is 2. The molecule has 120 valence electrons. The second kappa shape index (κ2) is 6.24. The summed E-state index contributed by atoms with van der Waals surface area (Å²) in [6, 6.07) is 15.9. The van der Waals surface area contributed by atoms with E-state index in [-0.39, 0.29) is 0 Å². The van der Waals surface area contributed by atoms with E-state index in [4.69, 9.17) is 8.94 Å². The van der Waals surface area contributed by atoms with Gasteiger partial charge in [-0.15, -0.1) is 0 Å². The van der Waals surface area contributed by atoms with E-state index in [1.165, 1.54) is 0 Å². The SMILES string of the molecule is Cc1oc(-c2ccccc2)nc1CCc1noc2cc(Br)ccc12. The molecule has 2 aromatic heterocycles. The van der Waals surface area contributed by atoms with Crippen LogP contribution in [0.15, 0.2) is 61.9 Å². The van der Waals surface area contributed by atoms with Crippen LogP contribution in [0, 0.1) is 6.92 Å². The first kappa shape index (κ1) is 15.1. The molecule has 0 aliphatic rings. The van der Waals surface area contributed by atoms with Gasteiger partial charge in [0, 0.05) is 15.4 Å². The van der Waals surface area contributed by atoms with E-state index in [0.29, 0.717) is 5.89 Å². The maximum absolute atomic E-state index is 5.81. The Kier molecular flexibility index (Phi) is 3.94. The third-order valence-electron chi connectivity index (χ3n) is 4.02. The minimum absolute atomic E-state index is 0.664. The molecular weight excluding hydrogens is 368 g/mol. The van der Waals surface area contributed by atoms with Crippen LogP contribution in [0.1, 0.15) is 17.1 Å². The second-order valence-electron chi connectivity index (χ2n) is 5.66. The zero-order valence-electron chi connectivity index (χ0n) is 13.1. The van der Waals surface area contributed by atoms with Crippen molar-refractivity contribution in [2.24, 2.45) is 0 Å². The van der Waals surface area contributed by atoms with Gasteiger partial charge in [0.25, 0.3) is 0 Å². The van der Waals surface area contributed by atoms with Crippen molar-refractivity contribution in [2.75, 3.05) is 0 Å². The number of benzene rings is 2. The van der Waals surface area contributed by atoms with Gasteiger partial charge < -0.3 is 8.94 Å². The van der Waals surface area contributed by atoms with Crippen LogP contribution in [0.4, 0.5) is 0 Å². The molecule has 0 amide bonds. The largest absolute Gasteiger partial charge is 0.441 e. The Morgan fingerprint density at radius 2 is 1.79 bits per heavy atom. The Hall–Kier alpha value is -2.40. The topological polar surface area (TPSA) is 52.1 Å². The fourth-order valence-corrected chi connectivity index (χ4v) is 3.08. The standard InChI is InChI=1S/C19H15BrN2O2/c1-12-16(21-19(23-12)13-5-3-2-4-6-13)9-10-17-15-8-7-14(20)11-18(15)24-22-17/h2-8,11H,9-10H2,1H3. The van der Waals surface area contributed by atoms with Crippen LogP contribution in [0.5, 0.6) is 0 Å². The monoisotopic (exact) mass is 382 g/mol. The smallest absolute Gasteiger partial charge is 0.226 e. The third-order valence-corrected chi connectivity index (χ3v) is 4.51. The van der Waals surface area contributed by atoms with E-state index >= 15 is 0 Å². The van der Waals surface area contributed by atoms with Crippen LogP contribution in [0.25, 0.3) is 22.4 Å². The first-order valence-corrected chi connectivity index (χ1v) is 8.55. The molecule has 0 bridgehead atoms. The fraction of sp³-hybridized carbons (Fsp3) is 0.158. The maximum Gasteiger partial charge on any atom is 0.226 e. The van der Waals surface area contributed by atoms with Gasteiger partial charge >= 0.3 is 0 Å². The summed E-state index contributed by atoms with van der Waals surface area (Å²) < 4.78 is 12.2. The summed E-state index contributed by atoms with van der Waals surface area (Å²) in [4.78, 5) is 4.64. The first-order valence-electron chi connectivity index (χ1n) is 7.76. The average Bonchev–Trinajstić information content (AvgIpc) is 3.17. The zero-order valence-corrected chi connectivity index (χ0v) is 14.7. The molecule has 0 aliphatic heterocycles. The molecule has 0 N–H and O–H groups in total. The van der Waals surface area contributed by atoms with E-state index < -0.39 is 0 Å². The van der Waals surface area contributed by atoms with Gasteiger partial charge in [-0.2, -0.15) is 0 Å². The van der Waals surface area contributed by atoms with Crippen molar-refractivity contribution in [2.45, 2.75) is 19.8 Å². The minimum Gasteiger partial charge on any atom is -0.441 e. The summed E-state index contributed by atoms with van der Waals surface area (Å²) >= 11 is 3.44. The van der Waals surface area contributed by atoms with Gasteiger partial charge in [0.15, 0.2) is 5.58 Å². The van der Waals surface area contributed by atoms with E-state index in [1.807, 2.05) is 55.5 Å². The molecule has 4 rings (SSSR count). The number of oxazole rings is 1. The predicted molar refractivity (Wildman–Crippen MR) is 95.8 cm³/mol. The van der Waals surface area contributed by atoms with Crippen molar-refractivity contribution in [3.05, 3.63) is 70.2 Å². The van der Waals surface area contributed by atoms with Gasteiger partial charge in [-0.3, -0.25) is 0 Å². The molecule has 24 heavy (non-hydrogen) atoms. The summed E-state index contributed by atoms with van der Waals surface area (Å²) in [6.07, 6.45) is 1.52. The van der Waals surface area contributed by atoms with Crippen molar-refractivity contribution in [3.63, 3.8) is 0 Å². The molecule has 2 heterocycles. The number of aryl methyl sites for hydroxylation is 3. The Morgan fingerprint density at radius 3 is 2.62 bits per heavy atom. The summed E-state index contributed by atoms with van der Waals surface area (Å²) in [5.41, 5.74) is 3.69. The van der Waals surface area contributed by atoms with Crippen LogP contribution in [-0.4, -0.2) is 10.1 Å². The highest BCUT2D eigenvalue weighted by Crippen LogP contribution is 2.25. The zero-order chi connectivity index (χ0) is 16.5. The van der Waals surface area contributed by atoms with Gasteiger partial charge in [-0.1, -0.05) is 39.3 Å². The molecule has 0 saturated heterocycles. The lowest BCUT2D eigenvalue weighted by Gasteiger charge is -1.96. The van der Waals surface area contributed by atoms with Crippen LogP contribution in [0.3, 0.4) is 0 Å². The highest BCUT2D eigenvalue weighted by molar-refractivity contribution is 9.10. The van der Waals surface area contributed by atoms with Gasteiger partial charge in [-0.05, 0) is 50.1 Å². The Morgan fingerprint density at radius 1 is 1.00 bits per heavy atom. The summed E-state index contributed by atoms with van der Waals surface area (Å²) in [6.45, 7) is 1.95. The average molecular weight is 383 g/mol. The summed E-state index contributed by atoms with van der Waals surface area (Å²) in [7, 11) is 0. The number of fused-ring (bicyclic) bond motifs is 1. The van der Waals surface area contributed by atoms with Crippen molar-refractivity contribution in [1.82, 2.24) is 10.1 Å². The Bertz CT molecular complexity index is 989. The molecule has 4 aromatic rings. The lowest BCUT2D eigenvalue weighted by atomic mass is 10.1. The number of hydrogen-bond donors (Lipinski definition) is 0. The maximum atomic E-state index is 5.81. The quantitative estimate of drug-likeness (QED) is 0.477. The molecular formula is C19H15BrN2O2. The van der Waals surface area contributed by atoms with Crippen LogP contribution < -0.4 is 0 Å². The van der Waals surface area contributed by atoms with E-state index in [1.54, 1.807) is 0 Å². The third kappa shape index (κ3) is 2.87. The second-order valence-corrected chi connectivity index (χ2v) is 6.57. The van der Waals surface area contributed by atoms with Gasteiger partial charge in [0.05, 0.1) is 11.4 Å². The predicted octanol–water partition coefficient (Wildman–Crippen LogP) is 5.34. The molecule has 5 heteroatoms. The molecule has 0 unspecified atom stereocenters. The highest BCUT2D eigenvalue weighted by Gasteiger charge is 2.14. The Labute approximate surface area is 147 Å². The van der Waals surface area contributed by atoms with E-state index in [9.17, 15) is 0 Å². The molecule has 0 saturated carbocycles. The van der Waals surface area contributed by atoms with Crippen molar-refractivity contribution in [3.8, 4) is 11.5 Å². The van der Waals surface area contributed by atoms with E-state index in [2.05, 4.69) is 26.1 Å². The molecule has 0 spiro atoms. The fourth-order valence-electron chi connectivity index (χ4n) is 2.74. The van der Waals surface area contributed by atoms with Crippen molar-refractivity contribution in [1.29, 1.82) is 0 Å². The highest BCUT2D eigenvalue weighted by atomic mass is 79.9. The first-order chi connectivity index (χ1) is 11.7. The van der Waals surface area contributed by atoms with Crippen LogP contribution in [-0.2, 0) is 12.8 Å². The lowest BCUT2D eigenvalue weighted by Crippen LogP contribution is -1.94. The van der Waals surface area contributed by atoms with Crippen LogP contribution >= 0.6 is 15.9 Å². The van der Waals surface area contributed by atoms with Gasteiger partial charge in [0.1, 0.15) is 5.76 Å². The van der Waals surface area contributed by atoms with Crippen molar-refractivity contribution < 1.29 is 8.94 Å². The van der Waals surface area contributed by atoms with Gasteiger partial charge in [-0.25, -0.2) is 4.98 Å². The molecule has 0 fully saturated rings. The minimum atomic E-state index is 0.664. The number of rotatable bonds is 4. The Balaban J connectivity index is 1.56. The molecule has 0 atom stereocenters. The van der Waals surface area contributed by atoms with Crippen LogP contribution in [0.2, 0.25) is 0 Å². The molecule has 0 radical (unpaired) electrons. The number of halogens is 1. The summed E-state index contributed by atoms with van der Waals surface area (Å²) in [5.74, 6) is 1.52. The van der Waals surface area contributed by atoms with Gasteiger partial charge in [0.2, 0.25) is 5.89 Å². The molecule has 4 nitrogen and oxygen atoms in total. The van der Waals surface area contributed by atoms with Crippen molar-refractivity contribution >= 4 is 26.9 Å². The summed E-state index contributed by atoms with van der Waals surface area (Å²) in [5, 5.41) is 5.24. The number of hydrogen-bond acceptors (Lipinski definition) is 4. The normalized spacial score (nSPS) is 11.2.